The molecule has 0 bridgehead atoms. The SMILES string of the molecule is C\C=C/C=C(CC)/C(N)=C/C(C)=C1/C=C(C2=CC=C(F)CC2F)C=C(O)C1. The second-order valence-corrected chi connectivity index (χ2v) is 6.70. The lowest BCUT2D eigenvalue weighted by Crippen LogP contribution is -2.12. The molecule has 3 N–H and O–H groups in total. The number of alkyl halides is 1. The van der Waals surface area contributed by atoms with Crippen molar-refractivity contribution in [1.29, 1.82) is 0 Å². The van der Waals surface area contributed by atoms with Gasteiger partial charge in [-0.25, -0.2) is 8.78 Å². The molecule has 0 aromatic rings. The normalized spacial score (nSPS) is 23.7. The second-order valence-electron chi connectivity index (χ2n) is 6.70. The largest absolute Gasteiger partial charge is 0.512 e. The van der Waals surface area contributed by atoms with Crippen molar-refractivity contribution in [3.63, 3.8) is 0 Å². The van der Waals surface area contributed by atoms with Gasteiger partial charge in [-0.15, -0.1) is 0 Å². The van der Waals surface area contributed by atoms with E-state index in [0.717, 1.165) is 23.1 Å². The Morgan fingerprint density at radius 3 is 2.70 bits per heavy atom. The number of nitrogens with two attached hydrogens (primary N) is 1. The van der Waals surface area contributed by atoms with Crippen molar-refractivity contribution in [2.24, 2.45) is 5.73 Å². The molecule has 0 amide bonds. The van der Waals surface area contributed by atoms with Gasteiger partial charge in [-0.3, -0.25) is 0 Å². The average molecular weight is 371 g/mol. The van der Waals surface area contributed by atoms with Crippen molar-refractivity contribution in [2.45, 2.75) is 46.2 Å². The van der Waals surface area contributed by atoms with Gasteiger partial charge < -0.3 is 10.8 Å². The van der Waals surface area contributed by atoms with E-state index in [-0.39, 0.29) is 12.2 Å². The fourth-order valence-corrected chi connectivity index (χ4v) is 3.09. The van der Waals surface area contributed by atoms with Gasteiger partial charge in [0.05, 0.1) is 5.76 Å². The molecule has 2 rings (SSSR count). The van der Waals surface area contributed by atoms with Crippen LogP contribution < -0.4 is 5.73 Å². The molecule has 2 nitrogen and oxygen atoms in total. The van der Waals surface area contributed by atoms with Crippen LogP contribution >= 0.6 is 0 Å². The first kappa shape index (κ1) is 20.7. The van der Waals surface area contributed by atoms with Gasteiger partial charge in [0, 0.05) is 18.5 Å². The molecule has 0 aliphatic heterocycles. The Labute approximate surface area is 160 Å². The number of hydrogen-bond donors (Lipinski definition) is 2. The Balaban J connectivity index is 2.40. The van der Waals surface area contributed by atoms with E-state index in [1.54, 1.807) is 6.08 Å². The smallest absolute Gasteiger partial charge is 0.132 e. The summed E-state index contributed by atoms with van der Waals surface area (Å²) in [4.78, 5) is 0. The minimum Gasteiger partial charge on any atom is -0.512 e. The molecule has 2 aliphatic rings. The van der Waals surface area contributed by atoms with Crippen molar-refractivity contribution >= 4 is 0 Å². The van der Waals surface area contributed by atoms with E-state index in [1.807, 2.05) is 51.2 Å². The highest BCUT2D eigenvalue weighted by atomic mass is 19.1. The first-order valence-corrected chi connectivity index (χ1v) is 9.16. The van der Waals surface area contributed by atoms with Gasteiger partial charge >= 0.3 is 0 Å². The minimum absolute atomic E-state index is 0.150. The van der Waals surface area contributed by atoms with Gasteiger partial charge in [0.15, 0.2) is 0 Å². The minimum atomic E-state index is -1.42. The average Bonchev–Trinajstić information content (AvgIpc) is 2.61. The summed E-state index contributed by atoms with van der Waals surface area (Å²) < 4.78 is 27.5. The summed E-state index contributed by atoms with van der Waals surface area (Å²) in [5.74, 6) is -0.323. The molecule has 0 radical (unpaired) electrons. The standard InChI is InChI=1S/C23H27F2NO/c1-4-6-7-16(5-2)23(26)10-15(3)17-11-18(13-20(27)12-17)21-9-8-19(24)14-22(21)25/h4,6-11,13,22,27H,5,12,14,26H2,1-3H3/b6-4-,16-7+,17-15-,23-10-. The summed E-state index contributed by atoms with van der Waals surface area (Å²) in [6, 6.07) is 0. The molecule has 0 aromatic heterocycles. The summed E-state index contributed by atoms with van der Waals surface area (Å²) in [5.41, 5.74) is 10.6. The first-order valence-electron chi connectivity index (χ1n) is 9.16. The first-order chi connectivity index (χ1) is 12.8. The number of aliphatic hydroxyl groups excluding tert-OH is 1. The van der Waals surface area contributed by atoms with Gasteiger partial charge in [-0.1, -0.05) is 37.3 Å². The number of allylic oxidation sites excluding steroid dienone is 14. The molecule has 0 saturated heterocycles. The molecule has 0 saturated carbocycles. The van der Waals surface area contributed by atoms with Crippen LogP contribution in [-0.4, -0.2) is 11.3 Å². The third-order valence-electron chi connectivity index (χ3n) is 4.63. The molecule has 0 spiro atoms. The van der Waals surface area contributed by atoms with E-state index < -0.39 is 12.0 Å². The topological polar surface area (TPSA) is 46.2 Å². The third kappa shape index (κ3) is 5.43. The zero-order valence-corrected chi connectivity index (χ0v) is 16.1. The molecule has 1 unspecified atom stereocenters. The van der Waals surface area contributed by atoms with Crippen LogP contribution in [0.15, 0.2) is 93.8 Å². The lowest BCUT2D eigenvalue weighted by atomic mass is 9.88. The van der Waals surface area contributed by atoms with E-state index in [1.165, 1.54) is 12.2 Å². The van der Waals surface area contributed by atoms with Crippen molar-refractivity contribution in [3.05, 3.63) is 93.8 Å². The van der Waals surface area contributed by atoms with Gasteiger partial charge in [0.25, 0.3) is 0 Å². The number of rotatable bonds is 5. The van der Waals surface area contributed by atoms with Gasteiger partial charge in [0.2, 0.25) is 0 Å². The predicted octanol–water partition coefficient (Wildman–Crippen LogP) is 6.35. The molecule has 27 heavy (non-hydrogen) atoms. The van der Waals surface area contributed by atoms with E-state index >= 15 is 0 Å². The maximum atomic E-state index is 14.3. The highest BCUT2D eigenvalue weighted by Crippen LogP contribution is 2.34. The van der Waals surface area contributed by atoms with Crippen LogP contribution in [0.1, 0.15) is 40.0 Å². The van der Waals surface area contributed by atoms with Crippen LogP contribution in [0.3, 0.4) is 0 Å². The van der Waals surface area contributed by atoms with Gasteiger partial charge in [-0.05, 0) is 66.4 Å². The van der Waals surface area contributed by atoms with E-state index in [2.05, 4.69) is 0 Å². The molecule has 144 valence electrons. The molecular weight excluding hydrogens is 344 g/mol. The van der Waals surface area contributed by atoms with Gasteiger partial charge in [-0.2, -0.15) is 0 Å². The fraction of sp³-hybridized carbons (Fsp3) is 0.304. The molecule has 1 atom stereocenters. The molecular formula is C23H27F2NO. The summed E-state index contributed by atoms with van der Waals surface area (Å²) in [5, 5.41) is 10.1. The Hall–Kier alpha value is -2.62. The van der Waals surface area contributed by atoms with Crippen LogP contribution in [0.2, 0.25) is 0 Å². The Kier molecular flexibility index (Phi) is 7.17. The van der Waals surface area contributed by atoms with Crippen molar-refractivity contribution in [1.82, 2.24) is 0 Å². The van der Waals surface area contributed by atoms with Crippen molar-refractivity contribution in [2.75, 3.05) is 0 Å². The lowest BCUT2D eigenvalue weighted by molar-refractivity contribution is 0.355. The van der Waals surface area contributed by atoms with Crippen molar-refractivity contribution in [3.8, 4) is 0 Å². The number of aliphatic hydroxyl groups is 1. The van der Waals surface area contributed by atoms with Crippen LogP contribution in [0.4, 0.5) is 8.78 Å². The maximum absolute atomic E-state index is 14.3. The zero-order chi connectivity index (χ0) is 20.0. The van der Waals surface area contributed by atoms with E-state index in [4.69, 9.17) is 5.73 Å². The number of halogens is 2. The summed E-state index contributed by atoms with van der Waals surface area (Å²) in [6.07, 6.45) is 13.3. The molecule has 4 heteroatoms. The molecule has 0 fully saturated rings. The summed E-state index contributed by atoms with van der Waals surface area (Å²) in [6.45, 7) is 5.90. The van der Waals surface area contributed by atoms with Crippen LogP contribution in [0.25, 0.3) is 0 Å². The highest BCUT2D eigenvalue weighted by Gasteiger charge is 2.23. The second kappa shape index (κ2) is 9.36. The van der Waals surface area contributed by atoms with Gasteiger partial charge in [0.1, 0.15) is 12.0 Å². The van der Waals surface area contributed by atoms with Crippen LogP contribution in [0, 0.1) is 0 Å². The predicted molar refractivity (Wildman–Crippen MR) is 108 cm³/mol. The number of hydrogen-bond acceptors (Lipinski definition) is 2. The van der Waals surface area contributed by atoms with Crippen molar-refractivity contribution < 1.29 is 13.9 Å². The molecule has 0 aromatic carbocycles. The van der Waals surface area contributed by atoms with E-state index in [0.29, 0.717) is 23.3 Å². The Bertz CT molecular complexity index is 832. The molecule has 0 heterocycles. The lowest BCUT2D eigenvalue weighted by Gasteiger charge is -2.21. The van der Waals surface area contributed by atoms with Crippen LogP contribution in [-0.2, 0) is 0 Å². The van der Waals surface area contributed by atoms with Crippen LogP contribution in [0.5, 0.6) is 0 Å². The maximum Gasteiger partial charge on any atom is 0.132 e. The fourth-order valence-electron chi connectivity index (χ4n) is 3.09. The highest BCUT2D eigenvalue weighted by molar-refractivity contribution is 5.55. The van der Waals surface area contributed by atoms with E-state index in [9.17, 15) is 13.9 Å². The molecule has 2 aliphatic carbocycles. The summed E-state index contributed by atoms with van der Waals surface area (Å²) in [7, 11) is 0. The quantitative estimate of drug-likeness (QED) is 0.553. The zero-order valence-electron chi connectivity index (χ0n) is 16.1. The summed E-state index contributed by atoms with van der Waals surface area (Å²) >= 11 is 0. The Morgan fingerprint density at radius 1 is 1.33 bits per heavy atom. The third-order valence-corrected chi connectivity index (χ3v) is 4.63. The monoisotopic (exact) mass is 371 g/mol. The Morgan fingerprint density at radius 2 is 2.07 bits per heavy atom.